The van der Waals surface area contributed by atoms with Gasteiger partial charge in [-0.1, -0.05) is 30.3 Å². The van der Waals surface area contributed by atoms with Gasteiger partial charge in [0.15, 0.2) is 5.78 Å². The number of aromatic nitrogens is 1. The summed E-state index contributed by atoms with van der Waals surface area (Å²) in [5.41, 5.74) is 6.12. The molecule has 3 atom stereocenters. The molecular weight excluding hydrogens is 396 g/mol. The Kier molecular flexibility index (Phi) is 4.55. The van der Waals surface area contributed by atoms with Crippen molar-refractivity contribution in [2.45, 2.75) is 38.1 Å². The summed E-state index contributed by atoms with van der Waals surface area (Å²) in [6, 6.07) is 16.7. The summed E-state index contributed by atoms with van der Waals surface area (Å²) in [7, 11) is 1.68. The molecule has 3 aromatic rings. The van der Waals surface area contributed by atoms with Gasteiger partial charge >= 0.3 is 0 Å². The first-order chi connectivity index (χ1) is 15.5. The Bertz CT molecular complexity index is 1240. The van der Waals surface area contributed by atoms with E-state index in [9.17, 15) is 4.79 Å². The first-order valence-electron chi connectivity index (χ1n) is 11.8. The zero-order valence-corrected chi connectivity index (χ0v) is 18.9. The number of hydrogen-bond donors (Lipinski definition) is 1. The van der Waals surface area contributed by atoms with Gasteiger partial charge in [-0.15, -0.1) is 0 Å². The highest BCUT2D eigenvalue weighted by atomic mass is 16.5. The van der Waals surface area contributed by atoms with Crippen LogP contribution >= 0.6 is 0 Å². The minimum absolute atomic E-state index is 0.0118. The lowest BCUT2D eigenvalue weighted by Crippen LogP contribution is -2.57. The molecule has 0 radical (unpaired) electrons. The van der Waals surface area contributed by atoms with E-state index >= 15 is 0 Å². The number of Topliss-reactive ketones (excluding diaryl/α,β-unsaturated/α-hetero) is 1. The van der Waals surface area contributed by atoms with Crippen LogP contribution in [0, 0.1) is 11.8 Å². The van der Waals surface area contributed by atoms with Gasteiger partial charge in [-0.2, -0.15) is 0 Å². The first-order valence-corrected chi connectivity index (χ1v) is 11.8. The van der Waals surface area contributed by atoms with Crippen molar-refractivity contribution in [3.8, 4) is 5.75 Å². The van der Waals surface area contributed by atoms with E-state index < -0.39 is 0 Å². The summed E-state index contributed by atoms with van der Waals surface area (Å²) in [5.74, 6) is 2.14. The average molecular weight is 427 g/mol. The minimum Gasteiger partial charge on any atom is -0.497 e. The minimum atomic E-state index is -0.0118. The summed E-state index contributed by atoms with van der Waals surface area (Å²) in [6.45, 7) is 4.55. The van der Waals surface area contributed by atoms with Crippen molar-refractivity contribution in [2.75, 3.05) is 20.2 Å². The van der Waals surface area contributed by atoms with Gasteiger partial charge in [0, 0.05) is 36.1 Å². The normalized spacial score (nSPS) is 28.9. The molecule has 4 nitrogen and oxygen atoms in total. The maximum atomic E-state index is 13.1. The molecule has 3 heterocycles. The summed E-state index contributed by atoms with van der Waals surface area (Å²) >= 11 is 0. The van der Waals surface area contributed by atoms with Gasteiger partial charge in [0.05, 0.1) is 12.6 Å². The zero-order chi connectivity index (χ0) is 21.9. The van der Waals surface area contributed by atoms with E-state index in [0.717, 1.165) is 49.2 Å². The van der Waals surface area contributed by atoms with Crippen molar-refractivity contribution in [3.05, 3.63) is 70.9 Å². The van der Waals surface area contributed by atoms with Crippen molar-refractivity contribution >= 4 is 22.8 Å². The Morgan fingerprint density at radius 2 is 2.00 bits per heavy atom. The number of carbonyl (C=O) groups is 1. The summed E-state index contributed by atoms with van der Waals surface area (Å²) in [4.78, 5) is 19.6. The molecule has 1 aliphatic carbocycles. The SMILES string of the molecule is COc1cccc(/C=C2\C[C@H]3CN4CCc5c([nH]c6ccccc56)[C@]4(C)C[C@@H]3CC2=O)c1. The van der Waals surface area contributed by atoms with Gasteiger partial charge in [-0.05, 0) is 79.0 Å². The molecule has 0 bridgehead atoms. The molecule has 0 amide bonds. The van der Waals surface area contributed by atoms with E-state index in [0.29, 0.717) is 24.0 Å². The first kappa shape index (κ1) is 19.8. The predicted molar refractivity (Wildman–Crippen MR) is 128 cm³/mol. The Labute approximate surface area is 189 Å². The van der Waals surface area contributed by atoms with E-state index in [2.05, 4.69) is 53.2 Å². The lowest BCUT2D eigenvalue weighted by atomic mass is 9.65. The molecule has 1 aromatic heterocycles. The standard InChI is InChI=1S/C28H30N2O2/c1-28-16-20-15-26(31)19(12-18-6-5-7-22(13-18)32-2)14-21(20)17-30(28)11-10-24-23-8-3-4-9-25(23)29-27(24)28/h3-9,12-13,20-21,29H,10-11,14-17H2,1-2H3/b19-12+/t20-,21-,28-/m0/s1. The highest BCUT2D eigenvalue weighted by Gasteiger charge is 2.49. The van der Waals surface area contributed by atoms with Crippen LogP contribution in [0.1, 0.15) is 43.0 Å². The molecular formula is C28H30N2O2. The number of methoxy groups -OCH3 is 1. The van der Waals surface area contributed by atoms with Crippen molar-refractivity contribution in [1.82, 2.24) is 9.88 Å². The van der Waals surface area contributed by atoms with Gasteiger partial charge in [0.25, 0.3) is 0 Å². The molecule has 6 rings (SSSR count). The Hall–Kier alpha value is -2.85. The van der Waals surface area contributed by atoms with Crippen LogP contribution in [0.25, 0.3) is 17.0 Å². The predicted octanol–water partition coefficient (Wildman–Crippen LogP) is 5.33. The van der Waals surface area contributed by atoms with E-state index in [4.69, 9.17) is 4.74 Å². The van der Waals surface area contributed by atoms with Crippen LogP contribution in [-0.4, -0.2) is 35.9 Å². The lowest BCUT2D eigenvalue weighted by Gasteiger charge is -2.54. The second-order valence-corrected chi connectivity index (χ2v) is 10.00. The van der Waals surface area contributed by atoms with Crippen LogP contribution in [0.4, 0.5) is 0 Å². The monoisotopic (exact) mass is 426 g/mol. The number of piperidine rings is 1. The number of carbonyl (C=O) groups excluding carboxylic acids is 1. The zero-order valence-electron chi connectivity index (χ0n) is 18.9. The van der Waals surface area contributed by atoms with Crippen LogP contribution in [0.2, 0.25) is 0 Å². The van der Waals surface area contributed by atoms with Crippen molar-refractivity contribution in [1.29, 1.82) is 0 Å². The van der Waals surface area contributed by atoms with E-state index in [1.165, 1.54) is 22.2 Å². The Morgan fingerprint density at radius 3 is 2.88 bits per heavy atom. The number of nitrogens with zero attached hydrogens (tertiary/aromatic N) is 1. The number of ether oxygens (including phenoxy) is 1. The third-order valence-corrected chi connectivity index (χ3v) is 8.19. The smallest absolute Gasteiger partial charge is 0.159 e. The fraction of sp³-hybridized carbons (Fsp3) is 0.393. The van der Waals surface area contributed by atoms with Crippen molar-refractivity contribution < 1.29 is 9.53 Å². The number of ketones is 1. The number of aromatic amines is 1. The number of H-pyrrole nitrogens is 1. The number of allylic oxidation sites excluding steroid dienone is 1. The van der Waals surface area contributed by atoms with Crippen molar-refractivity contribution in [3.63, 3.8) is 0 Å². The number of hydrogen-bond acceptors (Lipinski definition) is 3. The van der Waals surface area contributed by atoms with Gasteiger partial charge in [0.1, 0.15) is 5.75 Å². The van der Waals surface area contributed by atoms with E-state index in [-0.39, 0.29) is 5.54 Å². The van der Waals surface area contributed by atoms with Gasteiger partial charge in [0.2, 0.25) is 0 Å². The van der Waals surface area contributed by atoms with Gasteiger partial charge in [-0.25, -0.2) is 0 Å². The summed E-state index contributed by atoms with van der Waals surface area (Å²) in [6.07, 6.45) is 5.78. The van der Waals surface area contributed by atoms with Crippen LogP contribution in [-0.2, 0) is 16.8 Å². The van der Waals surface area contributed by atoms with Crippen LogP contribution in [0.5, 0.6) is 5.75 Å². The van der Waals surface area contributed by atoms with Crippen LogP contribution < -0.4 is 4.74 Å². The molecule has 1 saturated carbocycles. The molecule has 2 fully saturated rings. The van der Waals surface area contributed by atoms with Gasteiger partial charge in [-0.3, -0.25) is 9.69 Å². The number of fused-ring (bicyclic) bond motifs is 6. The number of nitrogens with one attached hydrogen (secondary N) is 1. The van der Waals surface area contributed by atoms with Crippen LogP contribution in [0.3, 0.4) is 0 Å². The maximum Gasteiger partial charge on any atom is 0.159 e. The fourth-order valence-corrected chi connectivity index (χ4v) is 6.51. The molecule has 0 unspecified atom stereocenters. The number of benzene rings is 2. The average Bonchev–Trinajstić information content (AvgIpc) is 3.19. The highest BCUT2D eigenvalue weighted by molar-refractivity contribution is 6.00. The van der Waals surface area contributed by atoms with Crippen molar-refractivity contribution in [2.24, 2.45) is 11.8 Å². The molecule has 0 spiro atoms. The molecule has 4 heteroatoms. The molecule has 2 aromatic carbocycles. The van der Waals surface area contributed by atoms with E-state index in [1.807, 2.05) is 18.2 Å². The van der Waals surface area contributed by atoms with Gasteiger partial charge < -0.3 is 9.72 Å². The largest absolute Gasteiger partial charge is 0.497 e. The topological polar surface area (TPSA) is 45.3 Å². The van der Waals surface area contributed by atoms with Crippen LogP contribution in [0.15, 0.2) is 54.1 Å². The third-order valence-electron chi connectivity index (χ3n) is 8.19. The molecule has 164 valence electrons. The quantitative estimate of drug-likeness (QED) is 0.563. The Morgan fingerprint density at radius 1 is 1.12 bits per heavy atom. The third kappa shape index (κ3) is 3.04. The molecule has 1 saturated heterocycles. The highest BCUT2D eigenvalue weighted by Crippen LogP contribution is 2.50. The Balaban J connectivity index is 1.30. The molecule has 32 heavy (non-hydrogen) atoms. The molecule has 1 N–H and O–H groups in total. The number of para-hydroxylation sites is 1. The second kappa shape index (κ2) is 7.35. The van der Waals surface area contributed by atoms with E-state index in [1.54, 1.807) is 7.11 Å². The summed E-state index contributed by atoms with van der Waals surface area (Å²) in [5, 5.41) is 1.37. The molecule has 2 aliphatic heterocycles. The fourth-order valence-electron chi connectivity index (χ4n) is 6.51. The maximum absolute atomic E-state index is 13.1. The summed E-state index contributed by atoms with van der Waals surface area (Å²) < 4.78 is 5.35. The number of rotatable bonds is 2. The molecule has 3 aliphatic rings. The lowest BCUT2D eigenvalue weighted by molar-refractivity contribution is -0.121. The second-order valence-electron chi connectivity index (χ2n) is 10.00.